The van der Waals surface area contributed by atoms with Crippen molar-refractivity contribution in [2.24, 2.45) is 11.8 Å². The molecule has 0 spiro atoms. The number of likely N-dealkylation sites (tertiary alicyclic amines) is 1. The molecule has 3 rings (SSSR count). The first-order valence-corrected chi connectivity index (χ1v) is 9.86. The van der Waals surface area contributed by atoms with E-state index in [1.807, 2.05) is 0 Å². The van der Waals surface area contributed by atoms with E-state index in [-0.39, 0.29) is 44.4 Å². The number of carbonyl (C=O) groups excluding carboxylic acids is 4. The number of hydrogen-bond acceptors (Lipinski definition) is 5. The van der Waals surface area contributed by atoms with Crippen molar-refractivity contribution in [3.8, 4) is 0 Å². The van der Waals surface area contributed by atoms with Gasteiger partial charge in [0.25, 0.3) is 5.91 Å². The van der Waals surface area contributed by atoms with Crippen LogP contribution in [0.25, 0.3) is 0 Å². The summed E-state index contributed by atoms with van der Waals surface area (Å²) in [5.74, 6) is -2.84. The maximum Gasteiger partial charge on any atom is 0.326 e. The molecule has 1 saturated heterocycles. The van der Waals surface area contributed by atoms with Gasteiger partial charge in [-0.1, -0.05) is 47.6 Å². The third-order valence-corrected chi connectivity index (χ3v) is 5.90. The van der Waals surface area contributed by atoms with Crippen molar-refractivity contribution in [2.45, 2.75) is 25.7 Å². The van der Waals surface area contributed by atoms with Gasteiger partial charge < -0.3 is 10.1 Å². The summed E-state index contributed by atoms with van der Waals surface area (Å²) in [6, 6.07) is 2.74. The van der Waals surface area contributed by atoms with Crippen LogP contribution in [0.15, 0.2) is 12.1 Å². The number of benzene rings is 1. The number of ether oxygens (including phenoxy) is 1. The van der Waals surface area contributed by atoms with E-state index in [1.54, 1.807) is 0 Å². The Balaban J connectivity index is 1.52. The van der Waals surface area contributed by atoms with Gasteiger partial charge >= 0.3 is 5.97 Å². The smallest absolute Gasteiger partial charge is 0.326 e. The van der Waals surface area contributed by atoms with Gasteiger partial charge in [0.15, 0.2) is 6.61 Å². The number of nitrogens with one attached hydrogen (secondary N) is 1. The number of nitrogens with zero attached hydrogens (tertiary/aromatic N) is 1. The molecule has 2 fully saturated rings. The molecule has 1 aromatic rings. The fourth-order valence-corrected chi connectivity index (χ4v) is 4.11. The maximum absolute atomic E-state index is 12.3. The van der Waals surface area contributed by atoms with E-state index in [0.717, 1.165) is 17.7 Å². The summed E-state index contributed by atoms with van der Waals surface area (Å²) in [4.78, 5) is 49.6. The third kappa shape index (κ3) is 4.42. The monoisotopic (exact) mass is 446 g/mol. The summed E-state index contributed by atoms with van der Waals surface area (Å²) < 4.78 is 4.88. The van der Waals surface area contributed by atoms with Crippen LogP contribution in [0, 0.1) is 11.8 Å². The molecule has 28 heavy (non-hydrogen) atoms. The molecule has 2 atom stereocenters. The van der Waals surface area contributed by atoms with Gasteiger partial charge in [0.2, 0.25) is 11.8 Å². The Labute approximate surface area is 176 Å². The number of hydrogen-bond donors (Lipinski definition) is 1. The fraction of sp³-hybridized carbons (Fsp3) is 0.444. The molecule has 150 valence electrons. The van der Waals surface area contributed by atoms with Crippen molar-refractivity contribution in [1.29, 1.82) is 0 Å². The van der Waals surface area contributed by atoms with Crippen molar-refractivity contribution >= 4 is 64.2 Å². The second kappa shape index (κ2) is 8.68. The summed E-state index contributed by atoms with van der Waals surface area (Å²) >= 11 is 17.7. The normalized spacial score (nSPS) is 21.5. The Morgan fingerprint density at radius 2 is 1.57 bits per heavy atom. The molecule has 0 unspecified atom stereocenters. The molecule has 10 heteroatoms. The van der Waals surface area contributed by atoms with Crippen LogP contribution in [0.3, 0.4) is 0 Å². The average Bonchev–Trinajstić information content (AvgIpc) is 2.90. The molecule has 2 aliphatic rings. The van der Waals surface area contributed by atoms with Crippen LogP contribution in [0.2, 0.25) is 15.1 Å². The molecule has 1 aliphatic heterocycles. The first-order valence-electron chi connectivity index (χ1n) is 8.73. The molecule has 1 N–H and O–H groups in total. The van der Waals surface area contributed by atoms with E-state index >= 15 is 0 Å². The second-order valence-electron chi connectivity index (χ2n) is 6.72. The number of imide groups is 1. The highest BCUT2D eigenvalue weighted by Crippen LogP contribution is 2.38. The molecular formula is C18H17Cl3N2O5. The molecular weight excluding hydrogens is 431 g/mol. The lowest BCUT2D eigenvalue weighted by atomic mass is 9.81. The average molecular weight is 448 g/mol. The minimum absolute atomic E-state index is 0.171. The maximum atomic E-state index is 12.3. The minimum Gasteiger partial charge on any atom is -0.454 e. The van der Waals surface area contributed by atoms with Crippen molar-refractivity contribution in [2.75, 3.05) is 18.5 Å². The zero-order valence-electron chi connectivity index (χ0n) is 14.7. The highest BCUT2D eigenvalue weighted by Gasteiger charge is 2.48. The predicted octanol–water partition coefficient (Wildman–Crippen LogP) is 3.30. The summed E-state index contributed by atoms with van der Waals surface area (Å²) in [5.41, 5.74) is 0.214. The first kappa shape index (κ1) is 20.9. The largest absolute Gasteiger partial charge is 0.454 e. The van der Waals surface area contributed by atoms with E-state index in [2.05, 4.69) is 5.32 Å². The molecule has 0 radical (unpaired) electrons. The fourth-order valence-electron chi connectivity index (χ4n) is 3.51. The topological polar surface area (TPSA) is 92.8 Å². The van der Waals surface area contributed by atoms with Gasteiger partial charge in [0, 0.05) is 0 Å². The third-order valence-electron chi connectivity index (χ3n) is 4.87. The molecule has 1 aliphatic carbocycles. The number of amides is 3. The van der Waals surface area contributed by atoms with E-state index in [4.69, 9.17) is 39.5 Å². The molecule has 3 amide bonds. The zero-order valence-corrected chi connectivity index (χ0v) is 16.9. The van der Waals surface area contributed by atoms with Gasteiger partial charge in [-0.25, -0.2) is 0 Å². The van der Waals surface area contributed by atoms with Crippen LogP contribution in [-0.2, 0) is 23.9 Å². The van der Waals surface area contributed by atoms with E-state index < -0.39 is 25.0 Å². The van der Waals surface area contributed by atoms with Gasteiger partial charge in [-0.3, -0.25) is 24.1 Å². The quantitative estimate of drug-likeness (QED) is 0.425. The number of fused-ring (bicyclic) bond motifs is 1. The number of carbonyl (C=O) groups is 4. The minimum atomic E-state index is -0.837. The van der Waals surface area contributed by atoms with Crippen LogP contribution in [0.1, 0.15) is 25.7 Å². The van der Waals surface area contributed by atoms with Gasteiger partial charge in [0.1, 0.15) is 6.54 Å². The number of esters is 1. The molecule has 7 nitrogen and oxygen atoms in total. The molecule has 1 aromatic carbocycles. The first-order chi connectivity index (χ1) is 13.3. The van der Waals surface area contributed by atoms with Gasteiger partial charge in [-0.15, -0.1) is 0 Å². The lowest BCUT2D eigenvalue weighted by molar-refractivity contribution is -0.154. The van der Waals surface area contributed by atoms with E-state index in [9.17, 15) is 19.2 Å². The Morgan fingerprint density at radius 1 is 1.00 bits per heavy atom. The summed E-state index contributed by atoms with van der Waals surface area (Å²) in [6.07, 6.45) is 3.12. The lowest BCUT2D eigenvalue weighted by Gasteiger charge is -2.19. The predicted molar refractivity (Wildman–Crippen MR) is 103 cm³/mol. The van der Waals surface area contributed by atoms with Gasteiger partial charge in [-0.05, 0) is 25.0 Å². The van der Waals surface area contributed by atoms with Gasteiger partial charge in [-0.2, -0.15) is 0 Å². The Bertz CT molecular complexity index is 821. The molecule has 0 aromatic heterocycles. The summed E-state index contributed by atoms with van der Waals surface area (Å²) in [6.45, 7) is -1.09. The SMILES string of the molecule is O=C(COC(=O)CN1C(=O)[C@H]2CCCC[C@H]2C1=O)Nc1cc(Cl)c(Cl)cc1Cl. The van der Waals surface area contributed by atoms with Gasteiger partial charge in [0.05, 0.1) is 32.6 Å². The number of halogens is 3. The van der Waals surface area contributed by atoms with Crippen LogP contribution in [0.4, 0.5) is 5.69 Å². The van der Waals surface area contributed by atoms with Crippen LogP contribution >= 0.6 is 34.8 Å². The van der Waals surface area contributed by atoms with Crippen LogP contribution < -0.4 is 5.32 Å². The Hall–Kier alpha value is -1.83. The van der Waals surface area contributed by atoms with Crippen molar-refractivity contribution in [3.63, 3.8) is 0 Å². The standard InChI is InChI=1S/C18H17Cl3N2O5/c19-11-5-13(21)14(6-12(11)20)22-15(24)8-28-16(25)7-23-17(26)9-3-1-2-4-10(9)18(23)27/h5-6,9-10H,1-4,7-8H2,(H,22,24)/t9-,10+. The molecule has 1 saturated carbocycles. The van der Waals surface area contributed by atoms with Crippen molar-refractivity contribution < 1.29 is 23.9 Å². The van der Waals surface area contributed by atoms with Crippen LogP contribution in [0.5, 0.6) is 0 Å². The Morgan fingerprint density at radius 3 is 2.18 bits per heavy atom. The van der Waals surface area contributed by atoms with E-state index in [0.29, 0.717) is 12.8 Å². The van der Waals surface area contributed by atoms with Crippen LogP contribution in [-0.4, -0.2) is 41.7 Å². The van der Waals surface area contributed by atoms with E-state index in [1.165, 1.54) is 12.1 Å². The number of rotatable bonds is 5. The zero-order chi connectivity index (χ0) is 20.4. The highest BCUT2D eigenvalue weighted by atomic mass is 35.5. The number of anilines is 1. The second-order valence-corrected chi connectivity index (χ2v) is 7.94. The molecule has 1 heterocycles. The lowest BCUT2D eigenvalue weighted by Crippen LogP contribution is -2.37. The summed E-state index contributed by atoms with van der Waals surface area (Å²) in [5, 5.41) is 3.05. The van der Waals surface area contributed by atoms with Crippen molar-refractivity contribution in [3.05, 3.63) is 27.2 Å². The van der Waals surface area contributed by atoms with Crippen molar-refractivity contribution in [1.82, 2.24) is 4.90 Å². The summed E-state index contributed by atoms with van der Waals surface area (Å²) in [7, 11) is 0. The Kier molecular flexibility index (Phi) is 6.47. The highest BCUT2D eigenvalue weighted by molar-refractivity contribution is 6.44. The molecule has 0 bridgehead atoms.